The summed E-state index contributed by atoms with van der Waals surface area (Å²) < 4.78 is 30.9. The number of carbonyl (C=O) groups excluding carboxylic acids is 1. The number of tetrazole rings is 1. The standard InChI is InChI=1S/C23H25N5O7S/c1-35-19-13-12-16(14-17(19)21(29)30)26(15-8-4-3-5-9-15)22(31)28-23(32)27(24-25-28)18-10-6-7-11-20(18)36(2,33)34/h6-7,10-15H,3-5,8-9H2,1-2H3,(H,29,30). The molecule has 1 amide bonds. The van der Waals surface area contributed by atoms with Gasteiger partial charge in [0.2, 0.25) is 0 Å². The highest BCUT2D eigenvalue weighted by molar-refractivity contribution is 7.90. The van der Waals surface area contributed by atoms with Gasteiger partial charge in [0.15, 0.2) is 9.84 Å². The molecule has 13 heteroatoms. The van der Waals surface area contributed by atoms with Gasteiger partial charge in [0.25, 0.3) is 0 Å². The first-order valence-electron chi connectivity index (χ1n) is 11.2. The Balaban J connectivity index is 1.82. The monoisotopic (exact) mass is 515 g/mol. The average Bonchev–Trinajstić information content (AvgIpc) is 3.25. The fourth-order valence-electron chi connectivity index (χ4n) is 4.39. The van der Waals surface area contributed by atoms with E-state index in [4.69, 9.17) is 4.74 Å². The Kier molecular flexibility index (Phi) is 6.93. The molecule has 3 aromatic rings. The molecule has 0 bridgehead atoms. The van der Waals surface area contributed by atoms with Crippen molar-refractivity contribution in [1.82, 2.24) is 19.8 Å². The van der Waals surface area contributed by atoms with Gasteiger partial charge >= 0.3 is 17.7 Å². The van der Waals surface area contributed by atoms with Crippen molar-refractivity contribution in [1.29, 1.82) is 0 Å². The molecule has 0 radical (unpaired) electrons. The van der Waals surface area contributed by atoms with Crippen LogP contribution in [0.15, 0.2) is 52.2 Å². The van der Waals surface area contributed by atoms with Gasteiger partial charge in [0, 0.05) is 18.0 Å². The minimum absolute atomic E-state index is 0.0362. The maximum Gasteiger partial charge on any atom is 0.377 e. The van der Waals surface area contributed by atoms with Crippen molar-refractivity contribution in [2.24, 2.45) is 0 Å². The van der Waals surface area contributed by atoms with Crippen LogP contribution in [0.25, 0.3) is 5.69 Å². The maximum atomic E-state index is 13.7. The Hall–Kier alpha value is -4.00. The summed E-state index contributed by atoms with van der Waals surface area (Å²) in [5, 5.41) is 17.1. The Labute approximate surface area is 206 Å². The lowest BCUT2D eigenvalue weighted by atomic mass is 9.94. The molecule has 1 N–H and O–H groups in total. The smallest absolute Gasteiger partial charge is 0.377 e. The second-order valence-electron chi connectivity index (χ2n) is 8.46. The molecule has 1 aliphatic rings. The van der Waals surface area contributed by atoms with Crippen LogP contribution in [0.1, 0.15) is 42.5 Å². The molecule has 0 unspecified atom stereocenters. The predicted molar refractivity (Wildman–Crippen MR) is 129 cm³/mol. The fraction of sp³-hybridized carbons (Fsp3) is 0.348. The number of carboxylic acid groups (broad SMARTS) is 1. The zero-order valence-corrected chi connectivity index (χ0v) is 20.5. The van der Waals surface area contributed by atoms with E-state index in [-0.39, 0.29) is 33.6 Å². The van der Waals surface area contributed by atoms with Crippen LogP contribution in [-0.2, 0) is 9.84 Å². The van der Waals surface area contributed by atoms with E-state index in [1.165, 1.54) is 48.4 Å². The molecule has 190 valence electrons. The van der Waals surface area contributed by atoms with Crippen LogP contribution in [0.2, 0.25) is 0 Å². The molecule has 1 saturated carbocycles. The minimum Gasteiger partial charge on any atom is -0.496 e. The number of aromatic carboxylic acids is 1. The number of methoxy groups -OCH3 is 1. The number of hydrogen-bond donors (Lipinski definition) is 1. The number of sulfone groups is 1. The van der Waals surface area contributed by atoms with Gasteiger partial charge in [-0.3, -0.25) is 4.90 Å². The zero-order valence-electron chi connectivity index (χ0n) is 19.7. The van der Waals surface area contributed by atoms with Crippen LogP contribution in [0.3, 0.4) is 0 Å². The summed E-state index contributed by atoms with van der Waals surface area (Å²) in [4.78, 5) is 39.9. The lowest BCUT2D eigenvalue weighted by Gasteiger charge is -2.33. The van der Waals surface area contributed by atoms with Gasteiger partial charge in [-0.25, -0.2) is 22.8 Å². The summed E-state index contributed by atoms with van der Waals surface area (Å²) in [5.41, 5.74) is -0.862. The van der Waals surface area contributed by atoms with Gasteiger partial charge in [-0.15, -0.1) is 4.68 Å². The van der Waals surface area contributed by atoms with Crippen molar-refractivity contribution in [2.75, 3.05) is 18.3 Å². The first-order valence-corrected chi connectivity index (χ1v) is 13.1. The Morgan fingerprint density at radius 2 is 1.78 bits per heavy atom. The molecular formula is C23H25N5O7S. The lowest BCUT2D eigenvalue weighted by Crippen LogP contribution is -2.47. The largest absolute Gasteiger partial charge is 0.496 e. The summed E-state index contributed by atoms with van der Waals surface area (Å²) in [6.45, 7) is 0. The fourth-order valence-corrected chi connectivity index (χ4v) is 5.26. The average molecular weight is 516 g/mol. The second-order valence-corrected chi connectivity index (χ2v) is 10.4. The molecule has 1 aliphatic carbocycles. The quantitative estimate of drug-likeness (QED) is 0.487. The number of benzene rings is 2. The van der Waals surface area contributed by atoms with Crippen LogP contribution < -0.4 is 15.3 Å². The molecule has 1 heterocycles. The number of hydrogen-bond acceptors (Lipinski definition) is 8. The number of rotatable bonds is 6. The molecular weight excluding hydrogens is 490 g/mol. The van der Waals surface area contributed by atoms with Crippen molar-refractivity contribution in [3.8, 4) is 11.4 Å². The molecule has 1 fully saturated rings. The molecule has 1 aromatic heterocycles. The van der Waals surface area contributed by atoms with Gasteiger partial charge in [-0.1, -0.05) is 31.4 Å². The third kappa shape index (κ3) is 4.73. The van der Waals surface area contributed by atoms with Crippen molar-refractivity contribution in [3.05, 3.63) is 58.5 Å². The highest BCUT2D eigenvalue weighted by atomic mass is 32.2. The number of nitrogens with zero attached hydrogens (tertiary/aromatic N) is 5. The zero-order chi connectivity index (χ0) is 26.0. The number of amides is 1. The van der Waals surface area contributed by atoms with Gasteiger partial charge in [-0.05, 0) is 53.6 Å². The van der Waals surface area contributed by atoms with Crippen molar-refractivity contribution >= 4 is 27.5 Å². The SMILES string of the molecule is COc1ccc(N(C(=O)n2nnn(-c3ccccc3S(C)(=O)=O)c2=O)C2CCCCC2)cc1C(=O)O. The normalized spacial score (nSPS) is 14.4. The number of ether oxygens (including phenoxy) is 1. The van der Waals surface area contributed by atoms with Crippen LogP contribution in [0, 0.1) is 0 Å². The summed E-state index contributed by atoms with van der Waals surface area (Å²) in [5.74, 6) is -1.10. The number of carbonyl (C=O) groups is 2. The molecule has 0 saturated heterocycles. The third-order valence-electron chi connectivity index (χ3n) is 6.09. The van der Waals surface area contributed by atoms with Crippen molar-refractivity contribution in [2.45, 2.75) is 43.0 Å². The number of anilines is 1. The molecule has 0 atom stereocenters. The first-order chi connectivity index (χ1) is 17.1. The van der Waals surface area contributed by atoms with Crippen molar-refractivity contribution in [3.63, 3.8) is 0 Å². The molecule has 0 spiro atoms. The molecule has 4 rings (SSSR count). The van der Waals surface area contributed by atoms with E-state index >= 15 is 0 Å². The maximum absolute atomic E-state index is 13.7. The Bertz CT molecular complexity index is 1470. The van der Waals surface area contributed by atoms with Crippen molar-refractivity contribution < 1.29 is 27.9 Å². The summed E-state index contributed by atoms with van der Waals surface area (Å²) in [6, 6.07) is 8.96. The van der Waals surface area contributed by atoms with E-state index < -0.39 is 27.5 Å². The molecule has 0 aliphatic heterocycles. The van der Waals surface area contributed by atoms with E-state index in [2.05, 4.69) is 10.4 Å². The van der Waals surface area contributed by atoms with Crippen LogP contribution >= 0.6 is 0 Å². The van der Waals surface area contributed by atoms with Crippen LogP contribution in [-0.4, -0.2) is 64.7 Å². The highest BCUT2D eigenvalue weighted by Gasteiger charge is 2.32. The molecule has 2 aromatic carbocycles. The third-order valence-corrected chi connectivity index (χ3v) is 7.24. The highest BCUT2D eigenvalue weighted by Crippen LogP contribution is 2.31. The first kappa shape index (κ1) is 25.1. The lowest BCUT2D eigenvalue weighted by molar-refractivity contribution is 0.0693. The summed E-state index contributed by atoms with van der Waals surface area (Å²) >= 11 is 0. The van der Waals surface area contributed by atoms with Crippen LogP contribution in [0.4, 0.5) is 10.5 Å². The topological polar surface area (TPSA) is 154 Å². The number of para-hydroxylation sites is 1. The van der Waals surface area contributed by atoms with E-state index in [1.807, 2.05) is 0 Å². The number of carboxylic acids is 1. The Morgan fingerprint density at radius 3 is 2.42 bits per heavy atom. The second kappa shape index (κ2) is 9.93. The molecule has 12 nitrogen and oxygen atoms in total. The van der Waals surface area contributed by atoms with E-state index in [1.54, 1.807) is 6.07 Å². The molecule has 36 heavy (non-hydrogen) atoms. The van der Waals surface area contributed by atoms with Crippen LogP contribution in [0.5, 0.6) is 5.75 Å². The van der Waals surface area contributed by atoms with Gasteiger partial charge in [-0.2, -0.15) is 4.68 Å². The van der Waals surface area contributed by atoms with E-state index in [0.717, 1.165) is 30.2 Å². The van der Waals surface area contributed by atoms with Gasteiger partial charge < -0.3 is 9.84 Å². The van der Waals surface area contributed by atoms with E-state index in [9.17, 15) is 27.9 Å². The minimum atomic E-state index is -3.70. The van der Waals surface area contributed by atoms with Gasteiger partial charge in [0.1, 0.15) is 11.3 Å². The summed E-state index contributed by atoms with van der Waals surface area (Å²) in [7, 11) is -2.36. The number of aromatic nitrogens is 4. The van der Waals surface area contributed by atoms with E-state index in [0.29, 0.717) is 17.5 Å². The van der Waals surface area contributed by atoms with Gasteiger partial charge in [0.05, 0.1) is 17.7 Å². The summed E-state index contributed by atoms with van der Waals surface area (Å²) in [6.07, 6.45) is 5.03. The predicted octanol–water partition coefficient (Wildman–Crippen LogP) is 2.35. The Morgan fingerprint density at radius 1 is 1.08 bits per heavy atom.